The number of hydrogen-bond acceptors (Lipinski definition) is 3. The van der Waals surface area contributed by atoms with Crippen molar-refractivity contribution in [3.05, 3.63) is 52.5 Å². The van der Waals surface area contributed by atoms with Gasteiger partial charge in [-0.1, -0.05) is 28.1 Å². The van der Waals surface area contributed by atoms with Gasteiger partial charge < -0.3 is 14.8 Å². The molecule has 0 saturated heterocycles. The van der Waals surface area contributed by atoms with Crippen LogP contribution < -0.4 is 14.8 Å². The van der Waals surface area contributed by atoms with E-state index in [2.05, 4.69) is 33.4 Å². The highest BCUT2D eigenvalue weighted by Crippen LogP contribution is 2.30. The molecule has 20 heavy (non-hydrogen) atoms. The summed E-state index contributed by atoms with van der Waals surface area (Å²) >= 11 is 3.47. The number of hydrogen-bond donors (Lipinski definition) is 1. The topological polar surface area (TPSA) is 30.5 Å². The van der Waals surface area contributed by atoms with E-state index in [-0.39, 0.29) is 0 Å². The Morgan fingerprint density at radius 1 is 1.00 bits per heavy atom. The SMILES string of the molecule is Brc1cccc(NCc2ccc3c(c2)OCCCO3)c1. The van der Waals surface area contributed by atoms with Crippen molar-refractivity contribution in [2.45, 2.75) is 13.0 Å². The summed E-state index contributed by atoms with van der Waals surface area (Å²) in [6.45, 7) is 2.20. The zero-order valence-electron chi connectivity index (χ0n) is 11.1. The molecule has 0 fully saturated rings. The molecular weight excluding hydrogens is 318 g/mol. The third-order valence-electron chi connectivity index (χ3n) is 3.13. The molecule has 0 unspecified atom stereocenters. The quantitative estimate of drug-likeness (QED) is 0.912. The van der Waals surface area contributed by atoms with Crippen LogP contribution in [0, 0.1) is 0 Å². The molecule has 0 aliphatic carbocycles. The third-order valence-corrected chi connectivity index (χ3v) is 3.63. The minimum Gasteiger partial charge on any atom is -0.490 e. The smallest absolute Gasteiger partial charge is 0.161 e. The number of rotatable bonds is 3. The van der Waals surface area contributed by atoms with Crippen LogP contribution in [0.3, 0.4) is 0 Å². The second kappa shape index (κ2) is 6.18. The molecule has 1 aliphatic heterocycles. The number of fused-ring (bicyclic) bond motifs is 1. The van der Waals surface area contributed by atoms with Gasteiger partial charge in [0, 0.05) is 23.1 Å². The van der Waals surface area contributed by atoms with Crippen molar-refractivity contribution < 1.29 is 9.47 Å². The minimum absolute atomic E-state index is 0.718. The maximum Gasteiger partial charge on any atom is 0.161 e. The summed E-state index contributed by atoms with van der Waals surface area (Å²) in [5, 5.41) is 3.40. The van der Waals surface area contributed by atoms with Crippen LogP contribution in [0.15, 0.2) is 46.9 Å². The van der Waals surface area contributed by atoms with Crippen LogP contribution in [0.1, 0.15) is 12.0 Å². The molecule has 0 aromatic heterocycles. The molecule has 104 valence electrons. The Morgan fingerprint density at radius 2 is 1.85 bits per heavy atom. The number of nitrogens with one attached hydrogen (secondary N) is 1. The molecular formula is C16H16BrNO2. The Morgan fingerprint density at radius 3 is 2.70 bits per heavy atom. The fourth-order valence-electron chi connectivity index (χ4n) is 2.12. The van der Waals surface area contributed by atoms with Gasteiger partial charge in [0.05, 0.1) is 13.2 Å². The van der Waals surface area contributed by atoms with E-state index < -0.39 is 0 Å². The highest BCUT2D eigenvalue weighted by molar-refractivity contribution is 9.10. The fourth-order valence-corrected chi connectivity index (χ4v) is 2.52. The van der Waals surface area contributed by atoms with Crippen molar-refractivity contribution in [1.82, 2.24) is 0 Å². The molecule has 0 saturated carbocycles. The lowest BCUT2D eigenvalue weighted by Crippen LogP contribution is -2.00. The Hall–Kier alpha value is -1.68. The van der Waals surface area contributed by atoms with E-state index in [9.17, 15) is 0 Å². The summed E-state index contributed by atoms with van der Waals surface area (Å²) in [4.78, 5) is 0. The van der Waals surface area contributed by atoms with Crippen molar-refractivity contribution in [1.29, 1.82) is 0 Å². The maximum absolute atomic E-state index is 5.70. The molecule has 1 heterocycles. The average molecular weight is 334 g/mol. The van der Waals surface area contributed by atoms with Crippen LogP contribution in [-0.4, -0.2) is 13.2 Å². The summed E-state index contributed by atoms with van der Waals surface area (Å²) in [5.41, 5.74) is 2.26. The van der Waals surface area contributed by atoms with Crippen LogP contribution >= 0.6 is 15.9 Å². The van der Waals surface area contributed by atoms with Gasteiger partial charge in [-0.3, -0.25) is 0 Å². The van der Waals surface area contributed by atoms with Gasteiger partial charge in [-0.25, -0.2) is 0 Å². The van der Waals surface area contributed by atoms with Crippen LogP contribution in [-0.2, 0) is 6.54 Å². The van der Waals surface area contributed by atoms with E-state index in [4.69, 9.17) is 9.47 Å². The second-order valence-electron chi connectivity index (χ2n) is 4.70. The van der Waals surface area contributed by atoms with Crippen LogP contribution in [0.25, 0.3) is 0 Å². The predicted octanol–water partition coefficient (Wildman–Crippen LogP) is 4.22. The first kappa shape index (κ1) is 13.3. The van der Waals surface area contributed by atoms with E-state index >= 15 is 0 Å². The first-order valence-corrected chi connectivity index (χ1v) is 7.48. The summed E-state index contributed by atoms with van der Waals surface area (Å²) < 4.78 is 12.4. The van der Waals surface area contributed by atoms with Crippen molar-refractivity contribution >= 4 is 21.6 Å². The zero-order valence-corrected chi connectivity index (χ0v) is 12.7. The highest BCUT2D eigenvalue weighted by atomic mass is 79.9. The molecule has 0 amide bonds. The lowest BCUT2D eigenvalue weighted by Gasteiger charge is -2.11. The van der Waals surface area contributed by atoms with E-state index in [1.54, 1.807) is 0 Å². The summed E-state index contributed by atoms with van der Waals surface area (Å²) in [6.07, 6.45) is 0.931. The standard InChI is InChI=1S/C16H16BrNO2/c17-13-3-1-4-14(10-13)18-11-12-5-6-15-16(9-12)20-8-2-7-19-15/h1,3-6,9-10,18H,2,7-8,11H2. The predicted molar refractivity (Wildman–Crippen MR) is 83.5 cm³/mol. The molecule has 0 radical (unpaired) electrons. The van der Waals surface area contributed by atoms with Crippen molar-refractivity contribution in [3.8, 4) is 11.5 Å². The van der Waals surface area contributed by atoms with Crippen molar-refractivity contribution in [2.24, 2.45) is 0 Å². The molecule has 3 rings (SSSR count). The Labute approximate surface area is 127 Å². The van der Waals surface area contributed by atoms with Gasteiger partial charge in [-0.05, 0) is 35.9 Å². The molecule has 4 heteroatoms. The molecule has 0 atom stereocenters. The van der Waals surface area contributed by atoms with Gasteiger partial charge >= 0.3 is 0 Å². The Bertz CT molecular complexity index is 601. The largest absolute Gasteiger partial charge is 0.490 e. The molecule has 2 aromatic carbocycles. The normalized spacial score (nSPS) is 13.7. The summed E-state index contributed by atoms with van der Waals surface area (Å²) in [7, 11) is 0. The molecule has 2 aromatic rings. The fraction of sp³-hybridized carbons (Fsp3) is 0.250. The molecule has 0 spiro atoms. The van der Waals surface area contributed by atoms with Gasteiger partial charge in [0.25, 0.3) is 0 Å². The van der Waals surface area contributed by atoms with E-state index in [1.165, 1.54) is 5.56 Å². The molecule has 1 N–H and O–H groups in total. The number of anilines is 1. The van der Waals surface area contributed by atoms with Crippen LogP contribution in [0.4, 0.5) is 5.69 Å². The Balaban J connectivity index is 1.70. The van der Waals surface area contributed by atoms with E-state index in [0.717, 1.165) is 47.8 Å². The van der Waals surface area contributed by atoms with E-state index in [1.807, 2.05) is 30.3 Å². The highest BCUT2D eigenvalue weighted by Gasteiger charge is 2.10. The minimum atomic E-state index is 0.718. The van der Waals surface area contributed by atoms with E-state index in [0.29, 0.717) is 0 Å². The van der Waals surface area contributed by atoms with Gasteiger partial charge in [0.15, 0.2) is 11.5 Å². The monoisotopic (exact) mass is 333 g/mol. The van der Waals surface area contributed by atoms with Gasteiger partial charge in [-0.15, -0.1) is 0 Å². The van der Waals surface area contributed by atoms with Crippen LogP contribution in [0.5, 0.6) is 11.5 Å². The van der Waals surface area contributed by atoms with Crippen molar-refractivity contribution in [3.63, 3.8) is 0 Å². The third kappa shape index (κ3) is 3.25. The summed E-state index contributed by atoms with van der Waals surface area (Å²) in [5.74, 6) is 1.68. The van der Waals surface area contributed by atoms with Gasteiger partial charge in [0.2, 0.25) is 0 Å². The maximum atomic E-state index is 5.70. The summed E-state index contributed by atoms with van der Waals surface area (Å²) in [6, 6.07) is 14.2. The number of halogens is 1. The number of benzene rings is 2. The zero-order chi connectivity index (χ0) is 13.8. The van der Waals surface area contributed by atoms with Crippen LogP contribution in [0.2, 0.25) is 0 Å². The van der Waals surface area contributed by atoms with Crippen molar-refractivity contribution in [2.75, 3.05) is 18.5 Å². The first-order chi connectivity index (χ1) is 9.81. The lowest BCUT2D eigenvalue weighted by atomic mass is 10.2. The van der Waals surface area contributed by atoms with Gasteiger partial charge in [-0.2, -0.15) is 0 Å². The average Bonchev–Trinajstić information content (AvgIpc) is 2.70. The first-order valence-electron chi connectivity index (χ1n) is 6.69. The lowest BCUT2D eigenvalue weighted by molar-refractivity contribution is 0.297. The molecule has 0 bridgehead atoms. The number of ether oxygens (including phenoxy) is 2. The molecule has 3 nitrogen and oxygen atoms in total. The van der Waals surface area contributed by atoms with Gasteiger partial charge in [0.1, 0.15) is 0 Å². The molecule has 1 aliphatic rings. The Kier molecular flexibility index (Phi) is 4.11. The second-order valence-corrected chi connectivity index (χ2v) is 5.61.